The summed E-state index contributed by atoms with van der Waals surface area (Å²) < 4.78 is 7.56. The molecule has 166 valence electrons. The molecule has 2 atom stereocenters. The van der Waals surface area contributed by atoms with Crippen LogP contribution in [0.15, 0.2) is 74.6 Å². The SMILES string of the molecule is CC1=C(C)C(C)[C]([Zr]([CH3])([CH3])(=[SiH2])[CH]2C=C(c3ccccc3)c3ccc(Cl)cc32)=C1C.Cl.Cl. The van der Waals surface area contributed by atoms with E-state index in [2.05, 4.69) is 92.4 Å². The number of halogens is 3. The molecule has 2 unspecified atom stereocenters. The summed E-state index contributed by atoms with van der Waals surface area (Å²) in [6.07, 6.45) is 2.59. The molecule has 2 aliphatic rings. The van der Waals surface area contributed by atoms with Gasteiger partial charge in [0.05, 0.1) is 0 Å². The molecule has 0 saturated heterocycles. The van der Waals surface area contributed by atoms with Crippen LogP contribution in [0, 0.1) is 5.92 Å². The third-order valence-corrected chi connectivity index (χ3v) is 25.1. The fourth-order valence-corrected chi connectivity index (χ4v) is 24.5. The summed E-state index contributed by atoms with van der Waals surface area (Å²) >= 11 is 3.15. The van der Waals surface area contributed by atoms with Crippen LogP contribution in [0.2, 0.25) is 14.3 Å². The molecular weight excluding hydrogens is 538 g/mol. The fraction of sp³-hybridized carbons (Fsp3) is 0.308. The Kier molecular flexibility index (Phi) is 7.90. The van der Waals surface area contributed by atoms with E-state index in [0.29, 0.717) is 9.54 Å². The van der Waals surface area contributed by atoms with Crippen molar-refractivity contribution in [1.29, 1.82) is 0 Å². The molecule has 0 nitrogen and oxygen atoms in total. The van der Waals surface area contributed by atoms with Crippen molar-refractivity contribution in [3.8, 4) is 0 Å². The molecule has 0 aliphatic heterocycles. The smallest absolute Gasteiger partial charge is 0.147 e. The molecule has 0 amide bonds. The molecule has 0 heterocycles. The van der Waals surface area contributed by atoms with Crippen LogP contribution in [0.3, 0.4) is 0 Å². The molecule has 31 heavy (non-hydrogen) atoms. The number of benzene rings is 2. The van der Waals surface area contributed by atoms with E-state index >= 15 is 0 Å². The van der Waals surface area contributed by atoms with Crippen LogP contribution in [0.25, 0.3) is 5.57 Å². The minimum Gasteiger partial charge on any atom is -0.147 e. The molecule has 4 rings (SSSR count). The van der Waals surface area contributed by atoms with Gasteiger partial charge in [0.2, 0.25) is 0 Å². The van der Waals surface area contributed by atoms with Gasteiger partial charge in [0.1, 0.15) is 0 Å². The Morgan fingerprint density at radius 2 is 1.52 bits per heavy atom. The van der Waals surface area contributed by atoms with Gasteiger partial charge in [0.15, 0.2) is 0 Å². The normalized spacial score (nSPS) is 20.8. The van der Waals surface area contributed by atoms with Gasteiger partial charge in [0.25, 0.3) is 0 Å². The Bertz CT molecular complexity index is 1180. The number of fused-ring (bicyclic) bond motifs is 1. The van der Waals surface area contributed by atoms with Crippen molar-refractivity contribution in [2.45, 2.75) is 40.6 Å². The number of rotatable bonds is 3. The number of hydrogen-bond donors (Lipinski definition) is 0. The molecular formula is C26H33Cl3SiZr. The van der Waals surface area contributed by atoms with Crippen LogP contribution in [0.4, 0.5) is 0 Å². The van der Waals surface area contributed by atoms with E-state index in [-0.39, 0.29) is 24.8 Å². The van der Waals surface area contributed by atoms with Crippen molar-refractivity contribution in [1.82, 2.24) is 0 Å². The summed E-state index contributed by atoms with van der Waals surface area (Å²) in [5.41, 5.74) is 10.1. The average Bonchev–Trinajstić information content (AvgIpc) is 3.14. The first-order valence-electron chi connectivity index (χ1n) is 10.5. The summed E-state index contributed by atoms with van der Waals surface area (Å²) in [4.78, 5) is 0. The van der Waals surface area contributed by atoms with E-state index in [9.17, 15) is 0 Å². The van der Waals surface area contributed by atoms with Crippen LogP contribution < -0.4 is 0 Å². The van der Waals surface area contributed by atoms with Gasteiger partial charge in [-0.15, -0.1) is 24.8 Å². The quantitative estimate of drug-likeness (QED) is 0.326. The maximum atomic E-state index is 6.52. The van der Waals surface area contributed by atoms with Crippen LogP contribution >= 0.6 is 36.4 Å². The Hall–Kier alpha value is -0.370. The van der Waals surface area contributed by atoms with Gasteiger partial charge in [-0.2, -0.15) is 0 Å². The van der Waals surface area contributed by atoms with Gasteiger partial charge in [-0.3, -0.25) is 0 Å². The number of hydrogen-bond acceptors (Lipinski definition) is 0. The molecule has 2 aliphatic carbocycles. The van der Waals surface area contributed by atoms with E-state index in [1.807, 2.05) is 6.07 Å². The predicted octanol–water partition coefficient (Wildman–Crippen LogP) is 8.26. The summed E-state index contributed by atoms with van der Waals surface area (Å²) in [6, 6.07) is 17.4. The van der Waals surface area contributed by atoms with Gasteiger partial charge in [0, 0.05) is 0 Å². The van der Waals surface area contributed by atoms with Crippen molar-refractivity contribution >= 4 is 48.9 Å². The fourth-order valence-electron chi connectivity index (χ4n) is 5.88. The van der Waals surface area contributed by atoms with Gasteiger partial charge in [-0.1, -0.05) is 0 Å². The van der Waals surface area contributed by atoms with Crippen LogP contribution in [-0.4, -0.2) is 6.88 Å². The molecule has 0 saturated carbocycles. The zero-order chi connectivity index (χ0) is 21.2. The molecule has 2 aromatic rings. The van der Waals surface area contributed by atoms with Gasteiger partial charge in [-0.25, -0.2) is 0 Å². The second kappa shape index (κ2) is 9.11. The molecule has 0 aromatic heterocycles. The molecule has 0 spiro atoms. The summed E-state index contributed by atoms with van der Waals surface area (Å²) in [5, 5.41) is 0.848. The molecule has 0 radical (unpaired) electrons. The Balaban J connectivity index is 0.00000171. The van der Waals surface area contributed by atoms with Crippen molar-refractivity contribution in [3.63, 3.8) is 0 Å². The second-order valence-electron chi connectivity index (χ2n) is 10.0. The summed E-state index contributed by atoms with van der Waals surface area (Å²) in [5.74, 6) is 0.560. The average molecular weight is 571 g/mol. The molecule has 5 heteroatoms. The first-order valence-corrected chi connectivity index (χ1v) is 24.4. The van der Waals surface area contributed by atoms with Gasteiger partial charge < -0.3 is 0 Å². The van der Waals surface area contributed by atoms with Crippen LogP contribution in [0.5, 0.6) is 0 Å². The predicted molar refractivity (Wildman–Crippen MR) is 143 cm³/mol. The van der Waals surface area contributed by atoms with E-state index in [1.54, 1.807) is 14.4 Å². The minimum absolute atomic E-state index is 0. The molecule has 0 bridgehead atoms. The molecule has 0 N–H and O–H groups in total. The van der Waals surface area contributed by atoms with Crippen molar-refractivity contribution in [2.24, 2.45) is 5.92 Å². The number of allylic oxidation sites excluding steroid dienone is 5. The Labute approximate surface area is 207 Å². The minimum atomic E-state index is -3.37. The molecule has 0 fully saturated rings. The van der Waals surface area contributed by atoms with Gasteiger partial charge in [-0.05, 0) is 0 Å². The second-order valence-corrected chi connectivity index (χ2v) is 40.0. The topological polar surface area (TPSA) is 0 Å². The van der Waals surface area contributed by atoms with Gasteiger partial charge >= 0.3 is 184 Å². The third-order valence-electron chi connectivity index (χ3n) is 7.58. The summed E-state index contributed by atoms with van der Waals surface area (Å²) in [6.45, 7) is 11.8. The largest absolute Gasteiger partial charge is 0.147 e. The first kappa shape index (κ1) is 26.9. The van der Waals surface area contributed by atoms with E-state index in [1.165, 1.54) is 27.8 Å². The monoisotopic (exact) mass is 568 g/mol. The standard InChI is InChI=1S/C15H10Cl.C9H13.2CH3.2ClH.H2Si.Zr/c16-13-7-9-15-12(10-13)6-8-14(15)11-4-2-1-3-5-11;1-6-5-7(2)9(4)8(6)3;;;;;;/h1-10H;6H,1-4H3;2*1H3;2*1H;1H2;. The van der Waals surface area contributed by atoms with E-state index < -0.39 is 17.4 Å². The van der Waals surface area contributed by atoms with Crippen molar-refractivity contribution in [3.05, 3.63) is 96.3 Å². The molecule has 2 aromatic carbocycles. The zero-order valence-corrected chi connectivity index (χ0v) is 25.5. The zero-order valence-electron chi connectivity index (χ0n) is 19.3. The van der Waals surface area contributed by atoms with E-state index in [4.69, 9.17) is 11.6 Å². The first-order chi connectivity index (χ1) is 13.5. The third kappa shape index (κ3) is 4.29. The van der Waals surface area contributed by atoms with Crippen molar-refractivity contribution < 1.29 is 17.4 Å². The maximum absolute atomic E-state index is 6.52. The van der Waals surface area contributed by atoms with Crippen LogP contribution in [0.1, 0.15) is 48.0 Å². The van der Waals surface area contributed by atoms with Crippen LogP contribution in [-0.2, 0) is 17.4 Å². The Morgan fingerprint density at radius 1 is 0.903 bits per heavy atom. The summed E-state index contributed by atoms with van der Waals surface area (Å²) in [7, 11) is 0. The van der Waals surface area contributed by atoms with Crippen molar-refractivity contribution in [2.75, 3.05) is 0 Å². The van der Waals surface area contributed by atoms with E-state index in [0.717, 1.165) is 5.02 Å². The Morgan fingerprint density at radius 3 is 2.06 bits per heavy atom. The maximum Gasteiger partial charge on any atom is -0.147 e.